The number of nitrogens with zero attached hydrogens (tertiary/aromatic N) is 2. The number of nitro benzene ring substituents is 1. The van der Waals surface area contributed by atoms with Crippen molar-refractivity contribution in [1.82, 2.24) is 0 Å². The summed E-state index contributed by atoms with van der Waals surface area (Å²) in [5, 5.41) is 11.5. The summed E-state index contributed by atoms with van der Waals surface area (Å²) in [6.07, 6.45) is 1.03. The van der Waals surface area contributed by atoms with Gasteiger partial charge < -0.3 is 9.47 Å². The highest BCUT2D eigenvalue weighted by Crippen LogP contribution is 2.50. The van der Waals surface area contributed by atoms with Gasteiger partial charge in [-0.2, -0.15) is 0 Å². The smallest absolute Gasteiger partial charge is 0.275 e. The van der Waals surface area contributed by atoms with Crippen LogP contribution >= 0.6 is 0 Å². The number of nitro groups is 1. The first kappa shape index (κ1) is 17.8. The molecule has 2 bridgehead atoms. The zero-order valence-corrected chi connectivity index (χ0v) is 15.6. The summed E-state index contributed by atoms with van der Waals surface area (Å²) in [6, 6.07) is 11.3. The van der Waals surface area contributed by atoms with Crippen molar-refractivity contribution < 1.29 is 24.0 Å². The maximum atomic E-state index is 13.0. The molecule has 0 unspecified atom stereocenters. The number of imide groups is 1. The molecule has 8 nitrogen and oxygen atoms in total. The molecule has 3 heterocycles. The minimum absolute atomic E-state index is 0.159. The second-order valence-corrected chi connectivity index (χ2v) is 7.66. The Labute approximate surface area is 166 Å². The SMILES string of the molecule is Cc1ccccc1Oc1cc(N2C(=O)[C@@H]3[C@@H](C2=O)[C@H]2CC[C@H]3O2)cc([N+](=O)[O-])c1. The minimum atomic E-state index is -0.563. The summed E-state index contributed by atoms with van der Waals surface area (Å²) in [5.41, 5.74) is 0.770. The van der Waals surface area contributed by atoms with Crippen molar-refractivity contribution >= 4 is 23.2 Å². The maximum Gasteiger partial charge on any atom is 0.275 e. The van der Waals surface area contributed by atoms with E-state index in [1.807, 2.05) is 19.1 Å². The van der Waals surface area contributed by atoms with E-state index in [-0.39, 0.29) is 41.1 Å². The number of fused-ring (bicyclic) bond motifs is 5. The normalized spacial score (nSPS) is 27.4. The van der Waals surface area contributed by atoms with Gasteiger partial charge in [0.2, 0.25) is 11.8 Å². The van der Waals surface area contributed by atoms with Crippen LogP contribution in [0.3, 0.4) is 0 Å². The Bertz CT molecular complexity index is 1020. The average molecular weight is 394 g/mol. The van der Waals surface area contributed by atoms with Crippen molar-refractivity contribution in [1.29, 1.82) is 0 Å². The summed E-state index contributed by atoms with van der Waals surface area (Å²) >= 11 is 0. The Morgan fingerprint density at radius 3 is 2.34 bits per heavy atom. The topological polar surface area (TPSA) is 99.0 Å². The monoisotopic (exact) mass is 394 g/mol. The molecule has 4 atom stereocenters. The molecule has 8 heteroatoms. The van der Waals surface area contributed by atoms with Gasteiger partial charge in [-0.25, -0.2) is 4.90 Å². The number of anilines is 1. The van der Waals surface area contributed by atoms with Crippen molar-refractivity contribution in [3.63, 3.8) is 0 Å². The first-order chi connectivity index (χ1) is 13.9. The number of amides is 2. The van der Waals surface area contributed by atoms with Crippen LogP contribution in [0, 0.1) is 28.9 Å². The lowest BCUT2D eigenvalue weighted by atomic mass is 9.81. The third-order valence-corrected chi connectivity index (χ3v) is 5.95. The van der Waals surface area contributed by atoms with Gasteiger partial charge in [0, 0.05) is 12.1 Å². The third-order valence-electron chi connectivity index (χ3n) is 5.95. The second kappa shape index (κ2) is 6.38. The molecule has 2 amide bonds. The van der Waals surface area contributed by atoms with E-state index >= 15 is 0 Å². The van der Waals surface area contributed by atoms with Crippen LogP contribution in [-0.4, -0.2) is 28.9 Å². The Morgan fingerprint density at radius 1 is 1.07 bits per heavy atom. The number of hydrogen-bond donors (Lipinski definition) is 0. The number of carbonyl (C=O) groups is 2. The Morgan fingerprint density at radius 2 is 1.72 bits per heavy atom. The molecule has 0 aromatic heterocycles. The molecule has 2 aromatic carbocycles. The molecule has 0 N–H and O–H groups in total. The highest BCUT2D eigenvalue weighted by atomic mass is 16.6. The fourth-order valence-corrected chi connectivity index (χ4v) is 4.63. The largest absolute Gasteiger partial charge is 0.457 e. The number of benzene rings is 2. The molecule has 148 valence electrons. The third kappa shape index (κ3) is 2.71. The fraction of sp³-hybridized carbons (Fsp3) is 0.333. The highest BCUT2D eigenvalue weighted by molar-refractivity contribution is 6.23. The van der Waals surface area contributed by atoms with E-state index in [0.717, 1.165) is 23.3 Å². The standard InChI is InChI=1S/C21H18N2O6/c1-11-4-2-3-5-15(11)28-14-9-12(8-13(10-14)23(26)27)22-20(24)18-16-6-7-17(29-16)19(18)21(22)25/h2-5,8-10,16-19H,6-7H2,1H3/t16-,17-,18+,19+/m1/s1. The van der Waals surface area contributed by atoms with Gasteiger partial charge in [0.1, 0.15) is 11.5 Å². The van der Waals surface area contributed by atoms with Gasteiger partial charge >= 0.3 is 0 Å². The summed E-state index contributed by atoms with van der Waals surface area (Å²) in [7, 11) is 0. The van der Waals surface area contributed by atoms with Gasteiger partial charge in [-0.15, -0.1) is 0 Å². The summed E-state index contributed by atoms with van der Waals surface area (Å²) in [4.78, 5) is 38.0. The Hall–Kier alpha value is -3.26. The van der Waals surface area contributed by atoms with Crippen LogP contribution < -0.4 is 9.64 Å². The van der Waals surface area contributed by atoms with Gasteiger partial charge in [-0.3, -0.25) is 19.7 Å². The van der Waals surface area contributed by atoms with Gasteiger partial charge in [-0.05, 0) is 31.4 Å². The van der Waals surface area contributed by atoms with Crippen LogP contribution in [0.1, 0.15) is 18.4 Å². The molecule has 3 fully saturated rings. The van der Waals surface area contributed by atoms with Crippen molar-refractivity contribution in [2.75, 3.05) is 4.90 Å². The lowest BCUT2D eigenvalue weighted by Crippen LogP contribution is -2.34. The van der Waals surface area contributed by atoms with Crippen LogP contribution in [0.4, 0.5) is 11.4 Å². The molecule has 3 aliphatic heterocycles. The predicted octanol–water partition coefficient (Wildman–Crippen LogP) is 3.36. The van der Waals surface area contributed by atoms with Crippen molar-refractivity contribution in [2.45, 2.75) is 32.0 Å². The second-order valence-electron chi connectivity index (χ2n) is 7.66. The number of carbonyl (C=O) groups excluding carboxylic acids is 2. The van der Waals surface area contributed by atoms with Crippen molar-refractivity contribution in [2.24, 2.45) is 11.8 Å². The van der Waals surface area contributed by atoms with Gasteiger partial charge in [0.05, 0.1) is 40.7 Å². The minimum Gasteiger partial charge on any atom is -0.457 e. The van der Waals surface area contributed by atoms with E-state index in [4.69, 9.17) is 9.47 Å². The van der Waals surface area contributed by atoms with E-state index in [2.05, 4.69) is 0 Å². The first-order valence-corrected chi connectivity index (χ1v) is 9.50. The molecule has 5 rings (SSSR count). The van der Waals surface area contributed by atoms with E-state index in [1.165, 1.54) is 18.2 Å². The van der Waals surface area contributed by atoms with Crippen LogP contribution in [0.25, 0.3) is 0 Å². The van der Waals surface area contributed by atoms with E-state index in [1.54, 1.807) is 12.1 Å². The average Bonchev–Trinajstić information content (AvgIpc) is 3.37. The van der Waals surface area contributed by atoms with Crippen LogP contribution in [-0.2, 0) is 14.3 Å². The molecule has 3 aliphatic rings. The van der Waals surface area contributed by atoms with Gasteiger partial charge in [0.25, 0.3) is 5.69 Å². The first-order valence-electron chi connectivity index (χ1n) is 9.50. The summed E-state index contributed by atoms with van der Waals surface area (Å²) in [6.45, 7) is 1.86. The van der Waals surface area contributed by atoms with Crippen molar-refractivity contribution in [3.8, 4) is 11.5 Å². The van der Waals surface area contributed by atoms with Crippen LogP contribution in [0.5, 0.6) is 11.5 Å². The molecule has 2 aromatic rings. The lowest BCUT2D eigenvalue weighted by Gasteiger charge is -2.18. The molecule has 0 radical (unpaired) electrons. The van der Waals surface area contributed by atoms with E-state index in [9.17, 15) is 19.7 Å². The van der Waals surface area contributed by atoms with Crippen molar-refractivity contribution in [3.05, 3.63) is 58.1 Å². The number of rotatable bonds is 4. The number of aryl methyl sites for hydroxylation is 1. The zero-order valence-electron chi connectivity index (χ0n) is 15.6. The number of ether oxygens (including phenoxy) is 2. The molecular formula is C21H18N2O6. The van der Waals surface area contributed by atoms with Gasteiger partial charge in [0.15, 0.2) is 0 Å². The number of hydrogen-bond acceptors (Lipinski definition) is 6. The molecular weight excluding hydrogens is 376 g/mol. The molecule has 0 aliphatic carbocycles. The maximum absolute atomic E-state index is 13.0. The number of para-hydroxylation sites is 1. The van der Waals surface area contributed by atoms with Gasteiger partial charge in [-0.1, -0.05) is 18.2 Å². The predicted molar refractivity (Wildman–Crippen MR) is 102 cm³/mol. The zero-order chi connectivity index (χ0) is 20.3. The lowest BCUT2D eigenvalue weighted by molar-refractivity contribution is -0.384. The van der Waals surface area contributed by atoms with Crippen LogP contribution in [0.2, 0.25) is 0 Å². The van der Waals surface area contributed by atoms with Crippen LogP contribution in [0.15, 0.2) is 42.5 Å². The van der Waals surface area contributed by atoms with E-state index in [0.29, 0.717) is 5.75 Å². The quantitative estimate of drug-likeness (QED) is 0.448. The molecule has 0 spiro atoms. The summed E-state index contributed by atoms with van der Waals surface area (Å²) in [5.74, 6) is -0.965. The summed E-state index contributed by atoms with van der Waals surface area (Å²) < 4.78 is 11.6. The molecule has 3 saturated heterocycles. The highest BCUT2D eigenvalue weighted by Gasteiger charge is 2.62. The molecule has 29 heavy (non-hydrogen) atoms. The Balaban J connectivity index is 1.54. The molecule has 0 saturated carbocycles. The number of non-ortho nitro benzene ring substituents is 1. The van der Waals surface area contributed by atoms with E-state index < -0.39 is 16.8 Å². The fourth-order valence-electron chi connectivity index (χ4n) is 4.63. The Kier molecular flexibility index (Phi) is 3.92.